The van der Waals surface area contributed by atoms with E-state index in [0.29, 0.717) is 0 Å². The van der Waals surface area contributed by atoms with E-state index in [1.165, 1.54) is 51.4 Å². The summed E-state index contributed by atoms with van der Waals surface area (Å²) < 4.78 is 0. The highest BCUT2D eigenvalue weighted by atomic mass is 14.7. The minimum atomic E-state index is -0.123. The largest absolute Gasteiger partial charge is 0.251 e. The van der Waals surface area contributed by atoms with Crippen LogP contribution in [-0.2, 0) is 0 Å². The van der Waals surface area contributed by atoms with Crippen LogP contribution in [0.1, 0.15) is 91.4 Å². The molecule has 0 saturated heterocycles. The third-order valence-electron chi connectivity index (χ3n) is 3.86. The van der Waals surface area contributed by atoms with Gasteiger partial charge in [0.1, 0.15) is 0 Å². The van der Waals surface area contributed by atoms with Crippen LogP contribution in [0.5, 0.6) is 0 Å². The topological polar surface area (TPSA) is 23.8 Å². The van der Waals surface area contributed by atoms with Crippen LogP contribution in [0.15, 0.2) is 0 Å². The molecule has 0 bridgehead atoms. The maximum absolute atomic E-state index is 8.19. The van der Waals surface area contributed by atoms with Crippen molar-refractivity contribution in [1.29, 1.82) is 0 Å². The first-order valence-corrected chi connectivity index (χ1v) is 7.43. The maximum Gasteiger partial charge on any atom is 0.0318 e. The summed E-state index contributed by atoms with van der Waals surface area (Å²) in [5.41, 5.74) is 8.07. The Morgan fingerprint density at radius 3 is 1.56 bits per heavy atom. The second-order valence-corrected chi connectivity index (χ2v) is 5.21. The third-order valence-corrected chi connectivity index (χ3v) is 3.86. The van der Waals surface area contributed by atoms with Crippen molar-refractivity contribution >= 4 is 0 Å². The average Bonchev–Trinajstić information content (AvgIpc) is 2.32. The Labute approximate surface area is 103 Å². The predicted molar refractivity (Wildman–Crippen MR) is 73.6 cm³/mol. The van der Waals surface area contributed by atoms with E-state index < -0.39 is 0 Å². The lowest BCUT2D eigenvalue weighted by Gasteiger charge is -2.25. The summed E-state index contributed by atoms with van der Waals surface area (Å²) in [5.74, 6) is 0. The molecular formula is C15H32N. The van der Waals surface area contributed by atoms with Crippen LogP contribution in [0.3, 0.4) is 0 Å². The molecule has 0 rings (SSSR count). The molecule has 0 aliphatic rings. The molecule has 16 heavy (non-hydrogen) atoms. The lowest BCUT2D eigenvalue weighted by atomic mass is 9.88. The Morgan fingerprint density at radius 1 is 0.688 bits per heavy atom. The summed E-state index contributed by atoms with van der Waals surface area (Å²) >= 11 is 0. The lowest BCUT2D eigenvalue weighted by molar-refractivity contribution is 0.337. The molecule has 0 spiro atoms. The van der Waals surface area contributed by atoms with Crippen LogP contribution in [0.4, 0.5) is 0 Å². The van der Waals surface area contributed by atoms with Gasteiger partial charge in [0, 0.05) is 5.54 Å². The lowest BCUT2D eigenvalue weighted by Crippen LogP contribution is -2.28. The van der Waals surface area contributed by atoms with Crippen LogP contribution in [0.2, 0.25) is 0 Å². The van der Waals surface area contributed by atoms with E-state index in [4.69, 9.17) is 5.73 Å². The number of rotatable bonds is 11. The Morgan fingerprint density at radius 2 is 1.12 bits per heavy atom. The first-order chi connectivity index (χ1) is 7.68. The van der Waals surface area contributed by atoms with Gasteiger partial charge in [-0.25, -0.2) is 0 Å². The van der Waals surface area contributed by atoms with E-state index in [0.717, 1.165) is 19.3 Å². The Balaban J connectivity index is 3.26. The Kier molecular flexibility index (Phi) is 10.1. The van der Waals surface area contributed by atoms with Gasteiger partial charge in [-0.3, -0.25) is 5.73 Å². The molecular weight excluding hydrogens is 194 g/mol. The first-order valence-electron chi connectivity index (χ1n) is 7.43. The van der Waals surface area contributed by atoms with Gasteiger partial charge in [-0.05, 0) is 19.3 Å². The Bertz CT molecular complexity index is 138. The molecule has 0 amide bonds. The van der Waals surface area contributed by atoms with E-state index in [9.17, 15) is 0 Å². The fourth-order valence-electron chi connectivity index (χ4n) is 2.20. The molecule has 0 aromatic heterocycles. The fourth-order valence-corrected chi connectivity index (χ4v) is 2.20. The highest BCUT2D eigenvalue weighted by Crippen LogP contribution is 2.22. The van der Waals surface area contributed by atoms with Gasteiger partial charge in [0.2, 0.25) is 0 Å². The minimum Gasteiger partial charge on any atom is -0.251 e. The van der Waals surface area contributed by atoms with Gasteiger partial charge in [0.15, 0.2) is 0 Å². The van der Waals surface area contributed by atoms with Gasteiger partial charge in [0.05, 0.1) is 0 Å². The number of hydrogen-bond donors (Lipinski definition) is 0. The smallest absolute Gasteiger partial charge is 0.0318 e. The SMILES string of the molecule is CCCCCCCCCCC([NH])(CC)CC. The minimum absolute atomic E-state index is 0.123. The maximum atomic E-state index is 8.19. The van der Waals surface area contributed by atoms with Crippen LogP contribution in [0, 0.1) is 0 Å². The number of hydrogen-bond acceptors (Lipinski definition) is 0. The van der Waals surface area contributed by atoms with Gasteiger partial charge in [-0.1, -0.05) is 72.1 Å². The number of nitrogens with one attached hydrogen (secondary N) is 1. The van der Waals surface area contributed by atoms with Crippen molar-refractivity contribution in [3.05, 3.63) is 0 Å². The molecule has 97 valence electrons. The van der Waals surface area contributed by atoms with Gasteiger partial charge < -0.3 is 0 Å². The zero-order valence-electron chi connectivity index (χ0n) is 11.8. The second-order valence-electron chi connectivity index (χ2n) is 5.21. The van der Waals surface area contributed by atoms with Gasteiger partial charge in [-0.15, -0.1) is 0 Å². The summed E-state index contributed by atoms with van der Waals surface area (Å²) in [6.07, 6.45) is 14.1. The van der Waals surface area contributed by atoms with E-state index in [1.807, 2.05) is 0 Å². The molecule has 1 nitrogen and oxygen atoms in total. The van der Waals surface area contributed by atoms with Crippen molar-refractivity contribution in [2.45, 2.75) is 96.9 Å². The average molecular weight is 226 g/mol. The monoisotopic (exact) mass is 226 g/mol. The van der Waals surface area contributed by atoms with E-state index in [-0.39, 0.29) is 5.54 Å². The highest BCUT2D eigenvalue weighted by molar-refractivity contribution is 4.79. The normalized spacial score (nSPS) is 12.0. The molecule has 1 radical (unpaired) electrons. The third kappa shape index (κ3) is 8.15. The molecule has 0 aliphatic carbocycles. The van der Waals surface area contributed by atoms with E-state index in [1.54, 1.807) is 0 Å². The fraction of sp³-hybridized carbons (Fsp3) is 1.00. The van der Waals surface area contributed by atoms with Gasteiger partial charge in [0.25, 0.3) is 0 Å². The summed E-state index contributed by atoms with van der Waals surface area (Å²) in [5, 5.41) is 0. The van der Waals surface area contributed by atoms with Crippen LogP contribution < -0.4 is 5.73 Å². The predicted octanol–water partition coefficient (Wildman–Crippen LogP) is 5.36. The highest BCUT2D eigenvalue weighted by Gasteiger charge is 2.19. The van der Waals surface area contributed by atoms with Crippen molar-refractivity contribution in [3.8, 4) is 0 Å². The van der Waals surface area contributed by atoms with Crippen molar-refractivity contribution in [2.24, 2.45) is 0 Å². The molecule has 0 aromatic rings. The molecule has 1 N–H and O–H groups in total. The van der Waals surface area contributed by atoms with Crippen LogP contribution >= 0.6 is 0 Å². The molecule has 0 fully saturated rings. The van der Waals surface area contributed by atoms with Crippen molar-refractivity contribution in [3.63, 3.8) is 0 Å². The Hall–Kier alpha value is -0.0400. The van der Waals surface area contributed by atoms with Gasteiger partial charge in [-0.2, -0.15) is 0 Å². The zero-order chi connectivity index (χ0) is 12.3. The summed E-state index contributed by atoms with van der Waals surface area (Å²) in [6, 6.07) is 0. The quantitative estimate of drug-likeness (QED) is 0.424. The van der Waals surface area contributed by atoms with Crippen molar-refractivity contribution in [2.75, 3.05) is 0 Å². The summed E-state index contributed by atoms with van der Waals surface area (Å²) in [7, 11) is 0. The van der Waals surface area contributed by atoms with E-state index >= 15 is 0 Å². The molecule has 0 aromatic carbocycles. The summed E-state index contributed by atoms with van der Waals surface area (Å²) in [6.45, 7) is 6.58. The number of unbranched alkanes of at least 4 members (excludes halogenated alkanes) is 7. The second kappa shape index (κ2) is 10.1. The standard InChI is InChI=1S/C15H32N/c1-4-7-8-9-10-11-12-13-14-15(16,5-2)6-3/h16H,4-14H2,1-3H3. The van der Waals surface area contributed by atoms with Crippen LogP contribution in [0.25, 0.3) is 0 Å². The molecule has 0 atom stereocenters. The molecule has 1 heteroatoms. The molecule has 0 unspecified atom stereocenters. The molecule has 0 aliphatic heterocycles. The summed E-state index contributed by atoms with van der Waals surface area (Å²) in [4.78, 5) is 0. The molecule has 0 saturated carbocycles. The molecule has 0 heterocycles. The zero-order valence-corrected chi connectivity index (χ0v) is 11.8. The van der Waals surface area contributed by atoms with Crippen LogP contribution in [-0.4, -0.2) is 5.54 Å². The van der Waals surface area contributed by atoms with Crippen molar-refractivity contribution < 1.29 is 0 Å². The van der Waals surface area contributed by atoms with E-state index in [2.05, 4.69) is 20.8 Å². The van der Waals surface area contributed by atoms with Crippen molar-refractivity contribution in [1.82, 2.24) is 5.73 Å². The van der Waals surface area contributed by atoms with Gasteiger partial charge >= 0.3 is 0 Å². The first kappa shape index (κ1) is 16.0.